The molecule has 1 fully saturated rings. The first kappa shape index (κ1) is 26.7. The number of anilines is 1. The molecule has 1 amide bonds. The summed E-state index contributed by atoms with van der Waals surface area (Å²) in [7, 11) is 1.61. The number of hydrogen-bond acceptors (Lipinski definition) is 6. The maximum atomic E-state index is 13.3. The van der Waals surface area contributed by atoms with Crippen molar-refractivity contribution in [3.05, 3.63) is 35.9 Å². The van der Waals surface area contributed by atoms with Crippen LogP contribution in [0.4, 0.5) is 10.5 Å². The van der Waals surface area contributed by atoms with E-state index in [2.05, 4.69) is 38.8 Å². The zero-order valence-corrected chi connectivity index (χ0v) is 23.1. The number of carbonyl (C=O) groups excluding carboxylic acids is 1. The molecular formula is C29H42N2O5. The van der Waals surface area contributed by atoms with Crippen molar-refractivity contribution in [2.45, 2.75) is 90.3 Å². The van der Waals surface area contributed by atoms with Gasteiger partial charge in [-0.15, -0.1) is 0 Å². The van der Waals surface area contributed by atoms with Crippen LogP contribution in [0.2, 0.25) is 0 Å². The van der Waals surface area contributed by atoms with Crippen molar-refractivity contribution in [1.82, 2.24) is 5.06 Å². The van der Waals surface area contributed by atoms with Crippen molar-refractivity contribution in [3.8, 4) is 5.75 Å². The van der Waals surface area contributed by atoms with Crippen molar-refractivity contribution in [2.75, 3.05) is 32.0 Å². The Labute approximate surface area is 215 Å². The van der Waals surface area contributed by atoms with Gasteiger partial charge in [0.1, 0.15) is 11.4 Å². The Morgan fingerprint density at radius 1 is 1.08 bits per heavy atom. The predicted octanol–water partition coefficient (Wildman–Crippen LogP) is 6.64. The lowest BCUT2D eigenvalue weighted by Gasteiger charge is -2.51. The quantitative estimate of drug-likeness (QED) is 0.416. The number of rotatable bonds is 6. The van der Waals surface area contributed by atoms with E-state index in [9.17, 15) is 4.79 Å². The molecule has 0 aromatic heterocycles. The van der Waals surface area contributed by atoms with Gasteiger partial charge in [0.05, 0.1) is 12.3 Å². The van der Waals surface area contributed by atoms with Crippen LogP contribution in [0.3, 0.4) is 0 Å². The summed E-state index contributed by atoms with van der Waals surface area (Å²) >= 11 is 0. The van der Waals surface area contributed by atoms with Crippen molar-refractivity contribution in [2.24, 2.45) is 0 Å². The van der Waals surface area contributed by atoms with E-state index >= 15 is 0 Å². The molecule has 0 bridgehead atoms. The minimum Gasteiger partial charge on any atom is -0.467 e. The first-order valence-corrected chi connectivity index (χ1v) is 13.0. The fourth-order valence-electron chi connectivity index (χ4n) is 5.73. The van der Waals surface area contributed by atoms with Crippen LogP contribution >= 0.6 is 0 Å². The minimum absolute atomic E-state index is 0.0766. The fourth-order valence-corrected chi connectivity index (χ4v) is 5.73. The Balaban J connectivity index is 1.75. The molecule has 0 N–H and O–H groups in total. The zero-order valence-electron chi connectivity index (χ0n) is 23.1. The van der Waals surface area contributed by atoms with Gasteiger partial charge in [0, 0.05) is 41.6 Å². The third-order valence-electron chi connectivity index (χ3n) is 7.14. The molecule has 2 aromatic carbocycles. The number of carbonyl (C=O) groups is 1. The van der Waals surface area contributed by atoms with Crippen molar-refractivity contribution in [3.63, 3.8) is 0 Å². The van der Waals surface area contributed by atoms with E-state index in [-0.39, 0.29) is 29.9 Å². The molecule has 7 nitrogen and oxygen atoms in total. The number of fused-ring (bicyclic) bond motifs is 2. The second kappa shape index (κ2) is 9.84. The second-order valence-electron chi connectivity index (χ2n) is 12.3. The third-order valence-corrected chi connectivity index (χ3v) is 7.14. The SMILES string of the molecule is COCOc1c2c(cc3ccccc13)N(C(=O)OC(C)(C)C)CC2CON1C(C)(C)CCCC1(C)C. The van der Waals surface area contributed by atoms with Crippen molar-refractivity contribution in [1.29, 1.82) is 0 Å². The van der Waals surface area contributed by atoms with E-state index in [0.717, 1.165) is 40.6 Å². The first-order chi connectivity index (χ1) is 16.8. The molecule has 36 heavy (non-hydrogen) atoms. The van der Waals surface area contributed by atoms with E-state index in [0.29, 0.717) is 13.2 Å². The number of ether oxygens (including phenoxy) is 3. The molecule has 0 radical (unpaired) electrons. The summed E-state index contributed by atoms with van der Waals surface area (Å²) in [4.78, 5) is 21.7. The lowest BCUT2D eigenvalue weighted by atomic mass is 9.82. The number of hydroxylamine groups is 2. The Hall–Kier alpha value is -2.35. The molecule has 2 heterocycles. The van der Waals surface area contributed by atoms with Gasteiger partial charge < -0.3 is 14.2 Å². The maximum absolute atomic E-state index is 13.3. The summed E-state index contributed by atoms with van der Waals surface area (Å²) in [5.41, 5.74) is 1.02. The van der Waals surface area contributed by atoms with Crippen LogP contribution in [0.15, 0.2) is 30.3 Å². The van der Waals surface area contributed by atoms with Gasteiger partial charge in [0.2, 0.25) is 0 Å². The summed E-state index contributed by atoms with van der Waals surface area (Å²) in [6.07, 6.45) is 2.97. The van der Waals surface area contributed by atoms with Crippen LogP contribution < -0.4 is 9.64 Å². The summed E-state index contributed by atoms with van der Waals surface area (Å²) in [6, 6.07) is 10.1. The maximum Gasteiger partial charge on any atom is 0.414 e. The number of hydrogen-bond donors (Lipinski definition) is 0. The highest BCUT2D eigenvalue weighted by atomic mass is 16.7. The Kier molecular flexibility index (Phi) is 7.30. The van der Waals surface area contributed by atoms with Gasteiger partial charge in [-0.05, 0) is 79.2 Å². The summed E-state index contributed by atoms with van der Waals surface area (Å²) in [5.74, 6) is 0.652. The van der Waals surface area contributed by atoms with Crippen LogP contribution in [0.25, 0.3) is 10.8 Å². The molecule has 1 unspecified atom stereocenters. The van der Waals surface area contributed by atoms with Gasteiger partial charge in [-0.2, -0.15) is 5.06 Å². The van der Waals surface area contributed by atoms with E-state index in [1.807, 2.05) is 45.0 Å². The molecule has 2 aromatic rings. The second-order valence-corrected chi connectivity index (χ2v) is 12.3. The van der Waals surface area contributed by atoms with Gasteiger partial charge >= 0.3 is 6.09 Å². The number of amides is 1. The minimum atomic E-state index is -0.597. The van der Waals surface area contributed by atoms with E-state index in [1.165, 1.54) is 6.42 Å². The molecule has 4 rings (SSSR count). The monoisotopic (exact) mass is 498 g/mol. The predicted molar refractivity (Wildman–Crippen MR) is 143 cm³/mol. The lowest BCUT2D eigenvalue weighted by molar-refractivity contribution is -0.282. The van der Waals surface area contributed by atoms with E-state index in [1.54, 1.807) is 12.0 Å². The number of piperidine rings is 1. The highest BCUT2D eigenvalue weighted by Crippen LogP contribution is 2.48. The molecule has 2 aliphatic rings. The molecule has 0 aliphatic carbocycles. The number of methoxy groups -OCH3 is 1. The largest absolute Gasteiger partial charge is 0.467 e. The van der Waals surface area contributed by atoms with Crippen molar-refractivity contribution >= 4 is 22.6 Å². The Bertz CT molecular complexity index is 1090. The number of benzene rings is 2. The van der Waals surface area contributed by atoms with Crippen LogP contribution in [-0.4, -0.2) is 54.9 Å². The standard InChI is InChI=1S/C29H42N2O5/c1-27(2,3)36-26(32)30-17-21(18-35-31-28(4,5)14-11-15-29(31,6)7)24-23(30)16-20-12-9-10-13-22(20)25(24)34-19-33-8/h9-10,12-13,16,21H,11,14-15,17-19H2,1-8H3. The molecular weight excluding hydrogens is 456 g/mol. The zero-order chi connectivity index (χ0) is 26.3. The smallest absolute Gasteiger partial charge is 0.414 e. The summed E-state index contributed by atoms with van der Waals surface area (Å²) in [6.45, 7) is 15.6. The Morgan fingerprint density at radius 3 is 2.39 bits per heavy atom. The van der Waals surface area contributed by atoms with Gasteiger partial charge in [-0.1, -0.05) is 24.3 Å². The highest BCUT2D eigenvalue weighted by Gasteiger charge is 2.44. The average molecular weight is 499 g/mol. The van der Waals surface area contributed by atoms with Crippen LogP contribution in [0.5, 0.6) is 5.75 Å². The lowest BCUT2D eigenvalue weighted by Crippen LogP contribution is -2.58. The molecule has 7 heteroatoms. The average Bonchev–Trinajstić information content (AvgIpc) is 3.13. The van der Waals surface area contributed by atoms with Gasteiger partial charge in [-0.3, -0.25) is 9.74 Å². The first-order valence-electron chi connectivity index (χ1n) is 13.0. The van der Waals surface area contributed by atoms with E-state index in [4.69, 9.17) is 19.0 Å². The van der Waals surface area contributed by atoms with Crippen LogP contribution in [0.1, 0.15) is 79.2 Å². The third kappa shape index (κ3) is 5.34. The molecule has 2 aliphatic heterocycles. The molecule has 1 saturated heterocycles. The topological polar surface area (TPSA) is 60.5 Å². The molecule has 0 saturated carbocycles. The van der Waals surface area contributed by atoms with Crippen LogP contribution in [0, 0.1) is 0 Å². The van der Waals surface area contributed by atoms with Crippen molar-refractivity contribution < 1.29 is 23.8 Å². The van der Waals surface area contributed by atoms with Gasteiger partial charge in [0.25, 0.3) is 0 Å². The fraction of sp³-hybridized carbons (Fsp3) is 0.621. The number of nitrogens with zero attached hydrogens (tertiary/aromatic N) is 2. The van der Waals surface area contributed by atoms with E-state index < -0.39 is 5.60 Å². The molecule has 0 spiro atoms. The Morgan fingerprint density at radius 2 is 1.75 bits per heavy atom. The van der Waals surface area contributed by atoms with Gasteiger partial charge in [-0.25, -0.2) is 4.79 Å². The van der Waals surface area contributed by atoms with Gasteiger partial charge in [0.15, 0.2) is 6.79 Å². The summed E-state index contributed by atoms with van der Waals surface area (Å²) in [5, 5.41) is 4.16. The molecule has 198 valence electrons. The summed E-state index contributed by atoms with van der Waals surface area (Å²) < 4.78 is 17.2. The highest BCUT2D eigenvalue weighted by molar-refractivity contribution is 6.00. The molecule has 1 atom stereocenters. The normalized spacial score (nSPS) is 21.4. The van der Waals surface area contributed by atoms with Crippen LogP contribution in [-0.2, 0) is 14.3 Å².